The number of urea groups is 2. The average Bonchev–Trinajstić information content (AvgIpc) is 1.58. The Balaban J connectivity index is 0.000000179. The largest absolute Gasteiger partial charge is 0.497 e. The van der Waals surface area contributed by atoms with E-state index >= 15 is 8.78 Å². The summed E-state index contributed by atoms with van der Waals surface area (Å²) in [6.07, 6.45) is 13.0. The molecule has 22 nitrogen and oxygen atoms in total. The second kappa shape index (κ2) is 26.5. The summed E-state index contributed by atoms with van der Waals surface area (Å²) in [7, 11) is 3.16. The first-order chi connectivity index (χ1) is 47.3. The van der Waals surface area contributed by atoms with Crippen molar-refractivity contribution in [1.82, 2.24) is 58.1 Å². The number of benzene rings is 3. The molecule has 506 valence electrons. The smallest absolute Gasteiger partial charge is 0.410 e. The van der Waals surface area contributed by atoms with Crippen molar-refractivity contribution >= 4 is 96.7 Å². The van der Waals surface area contributed by atoms with E-state index in [1.807, 2.05) is 102 Å². The zero-order valence-electron chi connectivity index (χ0n) is 55.4. The number of likely N-dealkylation sites (tertiary alicyclic amines) is 1. The molecule has 2 fully saturated rings. The van der Waals surface area contributed by atoms with Gasteiger partial charge in [0, 0.05) is 135 Å². The lowest BCUT2D eigenvalue weighted by Gasteiger charge is -2.37. The van der Waals surface area contributed by atoms with Crippen molar-refractivity contribution in [2.45, 2.75) is 97.6 Å². The number of methoxy groups -OCH3 is 2. The van der Waals surface area contributed by atoms with Gasteiger partial charge in [0.25, 0.3) is 0 Å². The zero-order chi connectivity index (χ0) is 68.3. The summed E-state index contributed by atoms with van der Waals surface area (Å²) in [6, 6.07) is 21.9. The van der Waals surface area contributed by atoms with Crippen LogP contribution in [-0.4, -0.2) is 161 Å². The summed E-state index contributed by atoms with van der Waals surface area (Å²) in [6.45, 7) is 11.8. The third-order valence-corrected chi connectivity index (χ3v) is 19.5. The maximum absolute atomic E-state index is 15.7. The van der Waals surface area contributed by atoms with Gasteiger partial charge in [-0.05, 0) is 143 Å². The molecule has 15 rings (SSSR count). The quantitative estimate of drug-likeness (QED) is 0.109. The third kappa shape index (κ3) is 12.6. The number of ether oxygens (including phenoxy) is 3. The van der Waals surface area contributed by atoms with Gasteiger partial charge in [-0.25, -0.2) is 33.1 Å². The molecule has 6 aromatic heterocycles. The topological polar surface area (TPSA) is 229 Å². The van der Waals surface area contributed by atoms with Gasteiger partial charge in [0.05, 0.1) is 79.6 Å². The molecule has 0 unspecified atom stereocenters. The van der Waals surface area contributed by atoms with E-state index in [1.165, 1.54) is 24.3 Å². The van der Waals surface area contributed by atoms with Gasteiger partial charge in [0.1, 0.15) is 40.0 Å². The van der Waals surface area contributed by atoms with Crippen molar-refractivity contribution in [3.05, 3.63) is 167 Å². The monoisotopic (exact) mass is 1330 g/mol. The van der Waals surface area contributed by atoms with Crippen molar-refractivity contribution in [1.29, 1.82) is 0 Å². The number of halogens is 2. The van der Waals surface area contributed by atoms with Gasteiger partial charge in [-0.1, -0.05) is 12.1 Å². The lowest BCUT2D eigenvalue weighted by atomic mass is 9.96. The van der Waals surface area contributed by atoms with E-state index < -0.39 is 17.2 Å². The normalized spacial score (nSPS) is 17.2. The van der Waals surface area contributed by atoms with Gasteiger partial charge in [-0.3, -0.25) is 28.0 Å². The maximum Gasteiger partial charge on any atom is 0.410 e. The number of pyridine rings is 2. The summed E-state index contributed by atoms with van der Waals surface area (Å²) in [5, 5.41) is 7.48. The highest BCUT2D eigenvalue weighted by Gasteiger charge is 2.40. The van der Waals surface area contributed by atoms with Crippen molar-refractivity contribution in [2.24, 2.45) is 11.8 Å². The minimum absolute atomic E-state index is 0.109. The van der Waals surface area contributed by atoms with E-state index in [1.54, 1.807) is 62.4 Å². The molecule has 5 amide bonds. The van der Waals surface area contributed by atoms with Crippen LogP contribution in [0.4, 0.5) is 23.2 Å². The molecule has 4 aliphatic heterocycles. The number of carbonyl (C=O) groups is 7. The molecule has 10 heterocycles. The first-order valence-corrected chi connectivity index (χ1v) is 33.3. The highest BCUT2D eigenvalue weighted by Crippen LogP contribution is 2.44. The molecule has 2 N–H and O–H groups in total. The second-order valence-corrected chi connectivity index (χ2v) is 27.1. The molecule has 2 aliphatic carbocycles. The molecule has 24 heteroatoms. The number of ketones is 4. The Morgan fingerprint density at radius 2 is 1.16 bits per heavy atom. The van der Waals surface area contributed by atoms with Crippen LogP contribution < -0.4 is 20.1 Å². The lowest BCUT2D eigenvalue weighted by molar-refractivity contribution is -0.121. The number of imidazole rings is 2. The number of hydrogen-bond donors (Lipinski definition) is 2. The number of amides is 5. The standard InChI is InChI=1S/C44H47FN6O7.C30H29FN6O3/c1-44(2,3)58-43(55)47-14-11-27(12-15-47)23-50(24-28-9-10-31(56-4)20-37(28)57-5)42(54)49-17-16-48-26-33(32-19-30(45)18-29(25-49)41(32)48)39-35(52)21-36(53)40(39)34-22-46-38-8-6-7-13-51(34)38;31-20-11-19-16-36(30(40)34-14-18-4-6-32-7-5-18)10-9-35-17-22(21(12-20)29(19)35)27-24(38)13-25(39)28(27)23-15-33-26-3-1-2-8-37(23)26/h6-10,13,18-20,22,26-27H,11-12,14-17,21,23-25H2,1-5H3;1-3,8,11-12,15,17-18,32H,4-7,9-10,13-14,16H2,(H,34,40). The van der Waals surface area contributed by atoms with Crippen LogP contribution in [-0.2, 0) is 56.6 Å². The first kappa shape index (κ1) is 64.8. The van der Waals surface area contributed by atoms with E-state index in [0.29, 0.717) is 155 Å². The fourth-order valence-electron chi connectivity index (χ4n) is 14.8. The number of rotatable bonds is 12. The van der Waals surface area contributed by atoms with Gasteiger partial charge in [-0.2, -0.15) is 0 Å². The summed E-state index contributed by atoms with van der Waals surface area (Å²) < 4.78 is 55.0. The second-order valence-electron chi connectivity index (χ2n) is 27.1. The predicted octanol–water partition coefficient (Wildman–Crippen LogP) is 10.4. The van der Waals surface area contributed by atoms with E-state index in [9.17, 15) is 33.6 Å². The van der Waals surface area contributed by atoms with Crippen LogP contribution in [0.15, 0.2) is 116 Å². The number of nitrogens with zero attached hydrogens (tertiary/aromatic N) is 10. The van der Waals surface area contributed by atoms with Gasteiger partial charge >= 0.3 is 18.2 Å². The third-order valence-electron chi connectivity index (χ3n) is 19.5. The zero-order valence-corrected chi connectivity index (χ0v) is 55.4. The minimum atomic E-state index is -0.597. The molecule has 0 spiro atoms. The molecule has 9 aromatic rings. The highest BCUT2D eigenvalue weighted by molar-refractivity contribution is 6.52. The van der Waals surface area contributed by atoms with E-state index in [0.717, 1.165) is 37.0 Å². The van der Waals surface area contributed by atoms with Gasteiger partial charge in [0.2, 0.25) is 0 Å². The van der Waals surface area contributed by atoms with Crippen LogP contribution in [0.25, 0.3) is 55.4 Å². The molecule has 0 radical (unpaired) electrons. The molecule has 6 aliphatic rings. The molecule has 0 atom stereocenters. The Morgan fingerprint density at radius 1 is 0.622 bits per heavy atom. The van der Waals surface area contributed by atoms with Crippen molar-refractivity contribution in [2.75, 3.05) is 66.6 Å². The molecular weight excluding hydrogens is 1250 g/mol. The number of allylic oxidation sites excluding steroid dienone is 4. The van der Waals surface area contributed by atoms with Crippen molar-refractivity contribution in [3.8, 4) is 11.5 Å². The number of piperidine rings is 2. The van der Waals surface area contributed by atoms with Crippen LogP contribution >= 0.6 is 0 Å². The maximum atomic E-state index is 15.7. The fourth-order valence-corrected chi connectivity index (χ4v) is 14.8. The number of nitrogens with one attached hydrogen (secondary N) is 2. The van der Waals surface area contributed by atoms with Gasteiger partial charge in [0.15, 0.2) is 23.1 Å². The van der Waals surface area contributed by atoms with E-state index in [4.69, 9.17) is 14.2 Å². The number of Topliss-reactive ketones (excluding diaryl/α,β-unsaturated/α-hetero) is 4. The van der Waals surface area contributed by atoms with Crippen molar-refractivity contribution in [3.63, 3.8) is 0 Å². The Morgan fingerprint density at radius 3 is 1.70 bits per heavy atom. The molecule has 0 bridgehead atoms. The Kier molecular flexibility index (Phi) is 17.5. The first-order valence-electron chi connectivity index (χ1n) is 33.3. The number of carbonyl (C=O) groups excluding carboxylic acids is 7. The minimum Gasteiger partial charge on any atom is -0.497 e. The SMILES string of the molecule is COc1ccc(CN(CC2CCN(C(=O)OC(C)(C)C)CC2)C(=O)N2CCn3cc(C4=C(c5cnc6ccccn56)C(=O)CC4=O)c4cc(F)cc(c43)C2)c(OC)c1.O=C1CC(=O)C(c2cnc3ccccn23)=C1c1cn2c3c(cc(F)cc13)CN(C(=O)NCC1CCNCC1)CC2. The predicted molar refractivity (Wildman–Crippen MR) is 363 cm³/mol. The highest BCUT2D eigenvalue weighted by atomic mass is 19.1. The van der Waals surface area contributed by atoms with Gasteiger partial charge in [-0.15, -0.1) is 0 Å². The summed E-state index contributed by atoms with van der Waals surface area (Å²) in [5.74, 6) is -0.383. The lowest BCUT2D eigenvalue weighted by Crippen LogP contribution is -2.47. The fraction of sp³-hybridized carbons (Fsp3) is 0.365. The number of fused-ring (bicyclic) bond motifs is 2. The summed E-state index contributed by atoms with van der Waals surface area (Å²) in [4.78, 5) is 110. The van der Waals surface area contributed by atoms with Crippen molar-refractivity contribution < 1.29 is 56.6 Å². The average molecular weight is 1330 g/mol. The van der Waals surface area contributed by atoms with Crippen LogP contribution in [0.1, 0.15) is 98.5 Å². The van der Waals surface area contributed by atoms with Crippen LogP contribution in [0.3, 0.4) is 0 Å². The van der Waals surface area contributed by atoms with Gasteiger partial charge < -0.3 is 53.6 Å². The number of aromatic nitrogens is 6. The van der Waals surface area contributed by atoms with Crippen LogP contribution in [0.5, 0.6) is 11.5 Å². The Labute approximate surface area is 563 Å². The Hall–Kier alpha value is -10.5. The Bertz CT molecular complexity index is 4810. The van der Waals surface area contributed by atoms with Crippen LogP contribution in [0, 0.1) is 23.5 Å². The summed E-state index contributed by atoms with van der Waals surface area (Å²) >= 11 is 0. The van der Waals surface area contributed by atoms with E-state index in [2.05, 4.69) is 20.6 Å². The van der Waals surface area contributed by atoms with Crippen LogP contribution in [0.2, 0.25) is 0 Å². The molecule has 0 saturated carbocycles. The molecule has 98 heavy (non-hydrogen) atoms. The number of hydrogen-bond acceptors (Lipinski definition) is 13. The molecule has 3 aromatic carbocycles. The van der Waals surface area contributed by atoms with E-state index in [-0.39, 0.29) is 90.8 Å². The molecule has 2 saturated heterocycles. The molecular formula is C74H76F2N12O10. The summed E-state index contributed by atoms with van der Waals surface area (Å²) in [5.41, 5.74) is 7.46.